The van der Waals surface area contributed by atoms with Crippen molar-refractivity contribution in [2.24, 2.45) is 5.92 Å². The predicted octanol–water partition coefficient (Wildman–Crippen LogP) is 3.45. The molecule has 0 aliphatic carbocycles. The molecule has 2 heterocycles. The molecule has 0 spiro atoms. The van der Waals surface area contributed by atoms with Crippen LogP contribution in [0.25, 0.3) is 0 Å². The van der Waals surface area contributed by atoms with E-state index in [2.05, 4.69) is 17.2 Å². The molecule has 3 rings (SSSR count). The first-order chi connectivity index (χ1) is 13.6. The quantitative estimate of drug-likeness (QED) is 0.842. The smallest absolute Gasteiger partial charge is 0.342 e. The SMILES string of the molecule is Cc1cc(=O)n(CC(=O)Nc2cccc(C(F)(F)F)c2)c(N2CCC(C)CC2)n1. The molecule has 0 atom stereocenters. The Morgan fingerprint density at radius 3 is 2.59 bits per heavy atom. The molecule has 1 aliphatic rings. The number of aromatic nitrogens is 2. The van der Waals surface area contributed by atoms with Gasteiger partial charge in [0.2, 0.25) is 11.9 Å². The number of anilines is 2. The second kappa shape index (κ2) is 8.26. The van der Waals surface area contributed by atoms with Crippen molar-refractivity contribution in [3.63, 3.8) is 0 Å². The van der Waals surface area contributed by atoms with Gasteiger partial charge in [0.1, 0.15) is 6.54 Å². The Hall–Kier alpha value is -2.84. The highest BCUT2D eigenvalue weighted by Crippen LogP contribution is 2.30. The van der Waals surface area contributed by atoms with Crippen molar-refractivity contribution in [2.75, 3.05) is 23.3 Å². The van der Waals surface area contributed by atoms with Crippen LogP contribution in [0, 0.1) is 12.8 Å². The highest BCUT2D eigenvalue weighted by atomic mass is 19.4. The van der Waals surface area contributed by atoms with Crippen LogP contribution >= 0.6 is 0 Å². The molecule has 1 fully saturated rings. The normalized spacial score (nSPS) is 15.4. The van der Waals surface area contributed by atoms with Gasteiger partial charge in [-0.05, 0) is 43.9 Å². The topological polar surface area (TPSA) is 67.2 Å². The van der Waals surface area contributed by atoms with Gasteiger partial charge in [-0.25, -0.2) is 4.98 Å². The van der Waals surface area contributed by atoms with Gasteiger partial charge in [-0.3, -0.25) is 14.2 Å². The van der Waals surface area contributed by atoms with Gasteiger partial charge in [0.05, 0.1) is 5.56 Å². The molecular weight excluding hydrogens is 385 g/mol. The second-order valence-corrected chi connectivity index (χ2v) is 7.42. The largest absolute Gasteiger partial charge is 0.416 e. The van der Waals surface area contributed by atoms with Gasteiger partial charge in [-0.1, -0.05) is 13.0 Å². The van der Waals surface area contributed by atoms with E-state index in [0.717, 1.165) is 38.1 Å². The van der Waals surface area contributed by atoms with Crippen LogP contribution in [0.2, 0.25) is 0 Å². The lowest BCUT2D eigenvalue weighted by atomic mass is 10.00. The summed E-state index contributed by atoms with van der Waals surface area (Å²) >= 11 is 0. The van der Waals surface area contributed by atoms with Gasteiger partial charge < -0.3 is 10.2 Å². The highest BCUT2D eigenvalue weighted by Gasteiger charge is 2.30. The number of amides is 1. The molecule has 1 aromatic carbocycles. The maximum Gasteiger partial charge on any atom is 0.416 e. The number of rotatable bonds is 4. The zero-order valence-electron chi connectivity index (χ0n) is 16.3. The van der Waals surface area contributed by atoms with Gasteiger partial charge >= 0.3 is 6.18 Å². The van der Waals surface area contributed by atoms with Crippen LogP contribution in [0.1, 0.15) is 31.0 Å². The lowest BCUT2D eigenvalue weighted by molar-refractivity contribution is -0.137. The lowest BCUT2D eigenvalue weighted by Gasteiger charge is -2.32. The molecule has 0 bridgehead atoms. The number of carbonyl (C=O) groups is 1. The summed E-state index contributed by atoms with van der Waals surface area (Å²) in [5, 5.41) is 2.44. The van der Waals surface area contributed by atoms with Crippen LogP contribution in [0.5, 0.6) is 0 Å². The first kappa shape index (κ1) is 20.9. The minimum atomic E-state index is -4.50. The standard InChI is InChI=1S/C20H23F3N4O2/c1-13-6-8-26(9-7-13)19-24-14(2)10-18(29)27(19)12-17(28)25-16-5-3-4-15(11-16)20(21,22)23/h3-5,10-11,13H,6-9,12H2,1-2H3,(H,25,28). The molecule has 0 radical (unpaired) electrons. The summed E-state index contributed by atoms with van der Waals surface area (Å²) in [6, 6.07) is 5.72. The van der Waals surface area contributed by atoms with Gasteiger partial charge in [-0.15, -0.1) is 0 Å². The van der Waals surface area contributed by atoms with Crippen LogP contribution < -0.4 is 15.8 Å². The monoisotopic (exact) mass is 408 g/mol. The molecule has 1 amide bonds. The fraction of sp³-hybridized carbons (Fsp3) is 0.450. The van der Waals surface area contributed by atoms with Crippen LogP contribution in [0.4, 0.5) is 24.8 Å². The zero-order valence-corrected chi connectivity index (χ0v) is 16.3. The number of hydrogen-bond donors (Lipinski definition) is 1. The Labute approximate surface area is 166 Å². The van der Waals surface area contributed by atoms with Gasteiger partial charge in [0, 0.05) is 30.5 Å². The Morgan fingerprint density at radius 1 is 1.24 bits per heavy atom. The molecule has 1 N–H and O–H groups in total. The minimum absolute atomic E-state index is 0.0197. The van der Waals surface area contributed by atoms with E-state index >= 15 is 0 Å². The average molecular weight is 408 g/mol. The van der Waals surface area contributed by atoms with Crippen molar-refractivity contribution in [1.29, 1.82) is 0 Å². The second-order valence-electron chi connectivity index (χ2n) is 7.42. The number of carbonyl (C=O) groups excluding carboxylic acids is 1. The van der Waals surface area contributed by atoms with Crippen molar-refractivity contribution >= 4 is 17.5 Å². The minimum Gasteiger partial charge on any atom is -0.342 e. The summed E-state index contributed by atoms with van der Waals surface area (Å²) in [6.45, 7) is 5.00. The predicted molar refractivity (Wildman–Crippen MR) is 104 cm³/mol. The molecule has 29 heavy (non-hydrogen) atoms. The number of benzene rings is 1. The van der Waals surface area contributed by atoms with E-state index in [-0.39, 0.29) is 17.8 Å². The van der Waals surface area contributed by atoms with Crippen LogP contribution in [0.15, 0.2) is 35.1 Å². The van der Waals surface area contributed by atoms with Crippen LogP contribution in [-0.4, -0.2) is 28.5 Å². The van der Waals surface area contributed by atoms with Crippen molar-refractivity contribution < 1.29 is 18.0 Å². The Bertz CT molecular complexity index is 947. The number of alkyl halides is 3. The fourth-order valence-corrected chi connectivity index (χ4v) is 3.32. The molecule has 156 valence electrons. The summed E-state index contributed by atoms with van der Waals surface area (Å²) in [7, 11) is 0. The Kier molecular flexibility index (Phi) is 5.95. The third-order valence-corrected chi connectivity index (χ3v) is 4.96. The molecule has 0 saturated carbocycles. The van der Waals surface area contributed by atoms with E-state index in [1.54, 1.807) is 6.92 Å². The van der Waals surface area contributed by atoms with E-state index in [9.17, 15) is 22.8 Å². The van der Waals surface area contributed by atoms with Crippen LogP contribution in [-0.2, 0) is 17.5 Å². The Morgan fingerprint density at radius 2 is 1.93 bits per heavy atom. The molecular formula is C20H23F3N4O2. The molecule has 2 aromatic rings. The van der Waals surface area contributed by atoms with Crippen molar-refractivity contribution in [2.45, 2.75) is 39.4 Å². The van der Waals surface area contributed by atoms with E-state index in [1.165, 1.54) is 22.8 Å². The van der Waals surface area contributed by atoms with Crippen LogP contribution in [0.3, 0.4) is 0 Å². The first-order valence-electron chi connectivity index (χ1n) is 9.44. The third-order valence-electron chi connectivity index (χ3n) is 4.96. The van der Waals surface area contributed by atoms with E-state index in [4.69, 9.17) is 0 Å². The average Bonchev–Trinajstić information content (AvgIpc) is 2.64. The number of nitrogens with zero attached hydrogens (tertiary/aromatic N) is 3. The first-order valence-corrected chi connectivity index (χ1v) is 9.44. The van der Waals surface area contributed by atoms with Crippen molar-refractivity contribution in [3.8, 4) is 0 Å². The van der Waals surface area contributed by atoms with Crippen molar-refractivity contribution in [1.82, 2.24) is 9.55 Å². The fourth-order valence-electron chi connectivity index (χ4n) is 3.32. The summed E-state index contributed by atoms with van der Waals surface area (Å²) in [4.78, 5) is 31.4. The number of halogens is 3. The summed E-state index contributed by atoms with van der Waals surface area (Å²) < 4.78 is 39.8. The third kappa shape index (κ3) is 5.16. The molecule has 1 aromatic heterocycles. The molecule has 6 nitrogen and oxygen atoms in total. The number of nitrogens with one attached hydrogen (secondary N) is 1. The summed E-state index contributed by atoms with van der Waals surface area (Å²) in [5.41, 5.74) is -0.651. The van der Waals surface area contributed by atoms with Gasteiger partial charge in [0.15, 0.2) is 0 Å². The number of aryl methyl sites for hydroxylation is 1. The molecule has 1 saturated heterocycles. The number of hydrogen-bond acceptors (Lipinski definition) is 4. The van der Waals surface area contributed by atoms with E-state index in [1.807, 2.05) is 4.90 Å². The van der Waals surface area contributed by atoms with E-state index in [0.29, 0.717) is 17.6 Å². The Balaban J connectivity index is 1.81. The van der Waals surface area contributed by atoms with Gasteiger partial charge in [-0.2, -0.15) is 13.2 Å². The maximum absolute atomic E-state index is 12.9. The molecule has 0 unspecified atom stereocenters. The molecule has 1 aliphatic heterocycles. The highest BCUT2D eigenvalue weighted by molar-refractivity contribution is 5.90. The van der Waals surface area contributed by atoms with E-state index < -0.39 is 17.6 Å². The van der Waals surface area contributed by atoms with Gasteiger partial charge in [0.25, 0.3) is 5.56 Å². The van der Waals surface area contributed by atoms with Crippen molar-refractivity contribution in [3.05, 3.63) is 51.9 Å². The number of piperidine rings is 1. The molecule has 9 heteroatoms. The lowest BCUT2D eigenvalue weighted by Crippen LogP contribution is -2.39. The maximum atomic E-state index is 12.9. The zero-order chi connectivity index (χ0) is 21.2. The summed E-state index contributed by atoms with van der Waals surface area (Å²) in [5.74, 6) is 0.408. The summed E-state index contributed by atoms with van der Waals surface area (Å²) in [6.07, 6.45) is -2.59.